The Balaban J connectivity index is 1.41. The Morgan fingerprint density at radius 3 is 2.63 bits per heavy atom. The molecular formula is C30H38ClNO6. The number of phenols is 1. The van der Waals surface area contributed by atoms with Gasteiger partial charge in [0.05, 0.1) is 29.6 Å². The zero-order chi connectivity index (χ0) is 27.4. The second-order valence-corrected chi connectivity index (χ2v) is 11.2. The predicted octanol–water partition coefficient (Wildman–Crippen LogP) is 5.99. The maximum atomic E-state index is 13.4. The number of allylic oxidation sites excluding steroid dienone is 2. The molecule has 38 heavy (non-hydrogen) atoms. The molecule has 1 aromatic rings. The van der Waals surface area contributed by atoms with Gasteiger partial charge >= 0.3 is 5.97 Å². The summed E-state index contributed by atoms with van der Waals surface area (Å²) >= 11 is 6.34. The number of carbonyl (C=O) groups is 3. The molecule has 1 aromatic carbocycles. The van der Waals surface area contributed by atoms with Crippen LogP contribution in [0.3, 0.4) is 0 Å². The van der Waals surface area contributed by atoms with Crippen LogP contribution in [0.4, 0.5) is 0 Å². The quantitative estimate of drug-likeness (QED) is 0.191. The molecule has 3 aliphatic rings. The average Bonchev–Trinajstić information content (AvgIpc) is 3.39. The van der Waals surface area contributed by atoms with E-state index in [4.69, 9.17) is 21.4 Å². The highest BCUT2D eigenvalue weighted by Gasteiger charge is 2.56. The van der Waals surface area contributed by atoms with Crippen molar-refractivity contribution < 1.29 is 29.3 Å². The summed E-state index contributed by atoms with van der Waals surface area (Å²) in [4.78, 5) is 38.7. The Bertz CT molecular complexity index is 1140. The number of nitrogens with zero attached hydrogens (tertiary/aromatic N) is 1. The van der Waals surface area contributed by atoms with Crippen LogP contribution in [0.2, 0.25) is 5.02 Å². The van der Waals surface area contributed by atoms with Gasteiger partial charge in [-0.2, -0.15) is 0 Å². The Hall–Kier alpha value is -2.64. The van der Waals surface area contributed by atoms with Gasteiger partial charge in [0.2, 0.25) is 11.8 Å². The summed E-state index contributed by atoms with van der Waals surface area (Å²) in [6, 6.07) is 5.01. The molecule has 2 amide bonds. The Labute approximate surface area is 229 Å². The fourth-order valence-electron chi connectivity index (χ4n) is 6.40. The molecule has 2 fully saturated rings. The van der Waals surface area contributed by atoms with Crippen LogP contribution < -0.4 is 0 Å². The summed E-state index contributed by atoms with van der Waals surface area (Å²) in [5, 5.41) is 19.0. The van der Waals surface area contributed by atoms with Gasteiger partial charge < -0.3 is 14.9 Å². The van der Waals surface area contributed by atoms with Gasteiger partial charge in [0, 0.05) is 18.9 Å². The minimum absolute atomic E-state index is 0.0580. The highest BCUT2D eigenvalue weighted by atomic mass is 35.5. The van der Waals surface area contributed by atoms with Crippen molar-refractivity contribution in [3.8, 4) is 5.75 Å². The monoisotopic (exact) mass is 543 g/mol. The van der Waals surface area contributed by atoms with Gasteiger partial charge in [-0.25, -0.2) is 0 Å². The average molecular weight is 544 g/mol. The third-order valence-corrected chi connectivity index (χ3v) is 8.49. The number of unbranched alkanes of at least 4 members (excludes halogenated alkanes) is 2. The maximum absolute atomic E-state index is 13.4. The largest absolute Gasteiger partial charge is 0.508 e. The van der Waals surface area contributed by atoms with Gasteiger partial charge in [-0.3, -0.25) is 19.3 Å². The number of amides is 2. The minimum atomic E-state index is -0.823. The summed E-state index contributed by atoms with van der Waals surface area (Å²) in [6.45, 7) is 5.04. The number of hydrogen-bond acceptors (Lipinski definition) is 5. The predicted molar refractivity (Wildman–Crippen MR) is 146 cm³/mol. The van der Waals surface area contributed by atoms with Gasteiger partial charge in [0.1, 0.15) is 5.75 Å². The lowest BCUT2D eigenvalue weighted by Gasteiger charge is -2.30. The van der Waals surface area contributed by atoms with Gasteiger partial charge in [0.15, 0.2) is 0 Å². The van der Waals surface area contributed by atoms with Crippen molar-refractivity contribution in [1.82, 2.24) is 4.90 Å². The molecule has 2 saturated heterocycles. The van der Waals surface area contributed by atoms with E-state index in [0.717, 1.165) is 31.2 Å². The summed E-state index contributed by atoms with van der Waals surface area (Å²) in [6.07, 6.45) is 8.18. The summed E-state index contributed by atoms with van der Waals surface area (Å²) in [5.74, 6) is -1.58. The number of ether oxygens (including phenoxy) is 1. The number of fused-ring (bicyclic) bond motifs is 3. The van der Waals surface area contributed by atoms with E-state index < -0.39 is 5.97 Å². The van der Waals surface area contributed by atoms with E-state index in [1.54, 1.807) is 12.1 Å². The van der Waals surface area contributed by atoms with Crippen molar-refractivity contribution in [2.24, 2.45) is 17.8 Å². The molecule has 0 aromatic heterocycles. The molecule has 2 aliphatic heterocycles. The Morgan fingerprint density at radius 1 is 1.13 bits per heavy atom. The topological polar surface area (TPSA) is 104 Å². The molecule has 4 atom stereocenters. The van der Waals surface area contributed by atoms with Crippen molar-refractivity contribution in [1.29, 1.82) is 0 Å². The van der Waals surface area contributed by atoms with Gasteiger partial charge in [0.25, 0.3) is 0 Å². The van der Waals surface area contributed by atoms with E-state index >= 15 is 0 Å². The zero-order valence-corrected chi connectivity index (χ0v) is 23.0. The van der Waals surface area contributed by atoms with E-state index in [-0.39, 0.29) is 47.8 Å². The SMILES string of the molecule is CCC/C(=C\c1ccc(O)cc1Cl)CC[C@H]1OC[C@H]2C1=C(C)C[C@H]1C(=O)N(CCCCCC(=O)O)C(=O)[C@H]12. The number of halogens is 1. The smallest absolute Gasteiger partial charge is 0.303 e. The van der Waals surface area contributed by atoms with E-state index in [2.05, 4.69) is 19.9 Å². The number of aliphatic carboxylic acids is 1. The molecule has 0 saturated carbocycles. The number of carboxylic acids is 1. The first kappa shape index (κ1) is 28.4. The van der Waals surface area contributed by atoms with Crippen LogP contribution in [0, 0.1) is 17.8 Å². The molecule has 206 valence electrons. The summed E-state index contributed by atoms with van der Waals surface area (Å²) < 4.78 is 6.27. The third kappa shape index (κ3) is 6.15. The second-order valence-electron chi connectivity index (χ2n) is 10.8. The number of likely N-dealkylation sites (tertiary alicyclic amines) is 1. The van der Waals surface area contributed by atoms with E-state index in [1.165, 1.54) is 21.6 Å². The first-order valence-corrected chi connectivity index (χ1v) is 14.1. The van der Waals surface area contributed by atoms with Crippen molar-refractivity contribution in [3.63, 3.8) is 0 Å². The van der Waals surface area contributed by atoms with Gasteiger partial charge in [-0.05, 0) is 74.8 Å². The highest BCUT2D eigenvalue weighted by Crippen LogP contribution is 2.49. The molecule has 7 nitrogen and oxygen atoms in total. The maximum Gasteiger partial charge on any atom is 0.303 e. The molecule has 0 radical (unpaired) electrons. The number of imide groups is 1. The highest BCUT2D eigenvalue weighted by molar-refractivity contribution is 6.32. The van der Waals surface area contributed by atoms with E-state index in [0.29, 0.717) is 43.9 Å². The molecule has 0 bridgehead atoms. The lowest BCUT2D eigenvalue weighted by atomic mass is 9.70. The summed E-state index contributed by atoms with van der Waals surface area (Å²) in [5.41, 5.74) is 4.52. The van der Waals surface area contributed by atoms with Crippen molar-refractivity contribution in [2.45, 2.75) is 77.7 Å². The number of rotatable bonds is 12. The number of carbonyl (C=O) groups excluding carboxylic acids is 2. The van der Waals surface area contributed by atoms with Crippen LogP contribution in [0.15, 0.2) is 34.9 Å². The standard InChI is InChI=1S/C30H38ClNO6/c1-3-7-19(15-20-10-11-21(33)16-24(20)31)9-12-25-27-18(2)14-22-28(23(27)17-38-25)30(37)32(29(22)36)13-6-4-5-8-26(34)35/h10-11,15-16,22-23,25,28,33H,3-9,12-14,17H2,1-2H3,(H,34,35)/b19-15+/t22-,23+,25-,28-/m1/s1. The number of phenolic OH excluding ortho intramolecular Hbond substituents is 1. The molecule has 0 spiro atoms. The number of carboxylic acid groups (broad SMARTS) is 1. The van der Waals surface area contributed by atoms with Gasteiger partial charge in [-0.1, -0.05) is 48.6 Å². The fourth-order valence-corrected chi connectivity index (χ4v) is 6.63. The summed E-state index contributed by atoms with van der Waals surface area (Å²) in [7, 11) is 0. The van der Waals surface area contributed by atoms with Crippen LogP contribution in [-0.2, 0) is 19.1 Å². The number of benzene rings is 1. The van der Waals surface area contributed by atoms with E-state index in [9.17, 15) is 19.5 Å². The molecule has 8 heteroatoms. The molecule has 2 N–H and O–H groups in total. The van der Waals surface area contributed by atoms with Crippen molar-refractivity contribution in [2.75, 3.05) is 13.2 Å². The lowest BCUT2D eigenvalue weighted by molar-refractivity contribution is -0.141. The van der Waals surface area contributed by atoms with Crippen molar-refractivity contribution >= 4 is 35.5 Å². The van der Waals surface area contributed by atoms with Crippen LogP contribution in [0.25, 0.3) is 6.08 Å². The molecule has 4 rings (SSSR count). The Kier molecular flexibility index (Phi) is 9.32. The van der Waals surface area contributed by atoms with Crippen LogP contribution in [0.5, 0.6) is 5.75 Å². The first-order valence-electron chi connectivity index (χ1n) is 13.8. The van der Waals surface area contributed by atoms with Crippen LogP contribution >= 0.6 is 11.6 Å². The van der Waals surface area contributed by atoms with E-state index in [1.807, 2.05) is 6.07 Å². The number of hydrogen-bond donors (Lipinski definition) is 2. The normalized spacial score (nSPS) is 25.2. The van der Waals surface area contributed by atoms with Gasteiger partial charge in [-0.15, -0.1) is 0 Å². The fraction of sp³-hybridized carbons (Fsp3) is 0.567. The lowest BCUT2D eigenvalue weighted by Crippen LogP contribution is -2.34. The number of aromatic hydroxyl groups is 1. The first-order chi connectivity index (χ1) is 18.2. The zero-order valence-electron chi connectivity index (χ0n) is 22.2. The van der Waals surface area contributed by atoms with Crippen molar-refractivity contribution in [3.05, 3.63) is 45.5 Å². The molecule has 0 unspecified atom stereocenters. The molecule has 1 aliphatic carbocycles. The minimum Gasteiger partial charge on any atom is -0.508 e. The van der Waals surface area contributed by atoms with Crippen LogP contribution in [-0.4, -0.2) is 52.2 Å². The van der Waals surface area contributed by atoms with Crippen LogP contribution in [0.1, 0.15) is 77.2 Å². The second kappa shape index (κ2) is 12.5. The third-order valence-electron chi connectivity index (χ3n) is 8.16. The molecular weight excluding hydrogens is 506 g/mol. The molecule has 2 heterocycles. The Morgan fingerprint density at radius 2 is 1.92 bits per heavy atom.